The van der Waals surface area contributed by atoms with E-state index in [4.69, 9.17) is 9.47 Å². The third-order valence-electron chi connectivity index (χ3n) is 5.02. The molecule has 13 heteroatoms. The molecular weight excluding hydrogens is 455 g/mol. The fourth-order valence-corrected chi connectivity index (χ4v) is 6.20. The van der Waals surface area contributed by atoms with Crippen LogP contribution in [0.3, 0.4) is 0 Å². The molecule has 0 bridgehead atoms. The van der Waals surface area contributed by atoms with Crippen molar-refractivity contribution < 1.29 is 60.6 Å². The highest BCUT2D eigenvalue weighted by Crippen LogP contribution is 2.38. The fourth-order valence-electron chi connectivity index (χ4n) is 3.52. The summed E-state index contributed by atoms with van der Waals surface area (Å²) in [4.78, 5) is 3.48. The minimum absolute atomic E-state index is 0. The standard InChI is InChI=1S/C17H23F3NO7S.ClH/c18-17(19,20)9-3-21-2-1-8(9)16-27-5-10(23)15(28-16)12(25)7-29-6-11(24)14(26)13(29)4-22;/h1-3,10-16,22-26H,4-7H2;1H/q+1;/p-1/t10-,11-,12-,13-,14+,15+,16?,29?;/m1./s1. The van der Waals surface area contributed by atoms with Gasteiger partial charge in [0.05, 0.1) is 18.8 Å². The van der Waals surface area contributed by atoms with Gasteiger partial charge in [-0.2, -0.15) is 13.2 Å². The van der Waals surface area contributed by atoms with Gasteiger partial charge >= 0.3 is 6.18 Å². The molecule has 8 nitrogen and oxygen atoms in total. The van der Waals surface area contributed by atoms with Crippen molar-refractivity contribution in [3.8, 4) is 0 Å². The van der Waals surface area contributed by atoms with Gasteiger partial charge in [0.15, 0.2) is 11.5 Å². The molecule has 0 aliphatic carbocycles. The number of nitrogens with zero attached hydrogens (tertiary/aromatic N) is 1. The third kappa shape index (κ3) is 5.37. The maximum Gasteiger partial charge on any atom is 0.418 e. The van der Waals surface area contributed by atoms with Gasteiger partial charge in [-0.15, -0.1) is 0 Å². The van der Waals surface area contributed by atoms with Gasteiger partial charge in [-0.05, 0) is 6.07 Å². The maximum absolute atomic E-state index is 13.2. The van der Waals surface area contributed by atoms with Gasteiger partial charge in [-0.25, -0.2) is 0 Å². The summed E-state index contributed by atoms with van der Waals surface area (Å²) < 4.78 is 50.4. The second-order valence-electron chi connectivity index (χ2n) is 7.01. The van der Waals surface area contributed by atoms with Crippen molar-refractivity contribution in [3.63, 3.8) is 0 Å². The normalized spacial score (nSPS) is 35.7. The van der Waals surface area contributed by atoms with Gasteiger partial charge in [0.1, 0.15) is 42.0 Å². The van der Waals surface area contributed by atoms with Gasteiger partial charge < -0.3 is 47.4 Å². The number of ether oxygens (including phenoxy) is 2. The molecule has 2 aliphatic heterocycles. The van der Waals surface area contributed by atoms with E-state index in [1.54, 1.807) is 0 Å². The van der Waals surface area contributed by atoms with E-state index >= 15 is 0 Å². The Hall–Kier alpha value is -0.700. The molecule has 0 spiro atoms. The lowest BCUT2D eigenvalue weighted by molar-refractivity contribution is -0.274. The molecule has 1 aromatic rings. The van der Waals surface area contributed by atoms with Crippen molar-refractivity contribution in [2.75, 3.05) is 24.7 Å². The van der Waals surface area contributed by atoms with E-state index in [9.17, 15) is 38.7 Å². The van der Waals surface area contributed by atoms with Crippen molar-refractivity contribution in [1.82, 2.24) is 4.98 Å². The number of aromatic nitrogens is 1. The summed E-state index contributed by atoms with van der Waals surface area (Å²) in [5.41, 5.74) is -1.36. The molecule has 30 heavy (non-hydrogen) atoms. The SMILES string of the molecule is OC[C@@H]1[C@@H](O)[C@H](O)C[S+]1C[C@@H](O)[C@H]1OC(c2ccncc2C(F)(F)F)OC[C@H]1O.[Cl-]. The molecule has 3 heterocycles. The summed E-state index contributed by atoms with van der Waals surface area (Å²) >= 11 is 0. The van der Waals surface area contributed by atoms with E-state index in [1.165, 1.54) is 0 Å². The molecule has 0 saturated carbocycles. The summed E-state index contributed by atoms with van der Waals surface area (Å²) in [6, 6.07) is 1.10. The molecule has 0 radical (unpaired) electrons. The molecule has 0 aromatic carbocycles. The number of hydrogen-bond donors (Lipinski definition) is 5. The summed E-state index contributed by atoms with van der Waals surface area (Å²) in [5.74, 6) is 0.158. The van der Waals surface area contributed by atoms with Crippen molar-refractivity contribution in [3.05, 3.63) is 29.6 Å². The monoisotopic (exact) mass is 477 g/mol. The van der Waals surface area contributed by atoms with Gasteiger partial charge in [0.25, 0.3) is 0 Å². The number of hydrogen-bond acceptors (Lipinski definition) is 8. The van der Waals surface area contributed by atoms with E-state index < -0.39 is 64.7 Å². The van der Waals surface area contributed by atoms with Crippen molar-refractivity contribution in [1.29, 1.82) is 0 Å². The van der Waals surface area contributed by atoms with E-state index in [1.807, 2.05) is 0 Å². The first-order valence-electron chi connectivity index (χ1n) is 8.91. The molecule has 3 rings (SSSR count). The molecule has 2 fully saturated rings. The van der Waals surface area contributed by atoms with Crippen LogP contribution in [-0.2, 0) is 26.5 Å². The lowest BCUT2D eigenvalue weighted by atomic mass is 10.1. The molecule has 8 atom stereocenters. The average molecular weight is 478 g/mol. The number of pyridine rings is 1. The Morgan fingerprint density at radius 3 is 2.57 bits per heavy atom. The summed E-state index contributed by atoms with van der Waals surface area (Å²) in [5, 5.41) is 49.2. The minimum Gasteiger partial charge on any atom is -1.00 e. The quantitative estimate of drug-likeness (QED) is 0.271. The molecule has 2 saturated heterocycles. The zero-order chi connectivity index (χ0) is 21.3. The molecule has 5 N–H and O–H groups in total. The first-order valence-corrected chi connectivity index (χ1v) is 10.5. The molecule has 2 aliphatic rings. The van der Waals surface area contributed by atoms with E-state index in [2.05, 4.69) is 4.98 Å². The molecule has 172 valence electrons. The Morgan fingerprint density at radius 1 is 1.23 bits per heavy atom. The van der Waals surface area contributed by atoms with Gasteiger partial charge in [0.2, 0.25) is 0 Å². The van der Waals surface area contributed by atoms with Gasteiger partial charge in [-0.1, -0.05) is 0 Å². The molecule has 2 unspecified atom stereocenters. The summed E-state index contributed by atoms with van der Waals surface area (Å²) in [6.45, 7) is -0.742. The minimum atomic E-state index is -4.69. The van der Waals surface area contributed by atoms with Crippen LogP contribution in [0.25, 0.3) is 0 Å². The molecule has 1 aromatic heterocycles. The number of aliphatic hydroxyl groups excluding tert-OH is 5. The molecule has 0 amide bonds. The largest absolute Gasteiger partial charge is 1.00 e. The molecular formula is C17H23ClF3NO7S. The Balaban J connectivity index is 0.00000320. The lowest BCUT2D eigenvalue weighted by Gasteiger charge is -2.36. The first-order chi connectivity index (χ1) is 13.6. The Morgan fingerprint density at radius 2 is 1.93 bits per heavy atom. The highest BCUT2D eigenvalue weighted by molar-refractivity contribution is 7.97. The number of alkyl halides is 3. The van der Waals surface area contributed by atoms with Crippen LogP contribution in [-0.4, -0.2) is 91.0 Å². The number of rotatable bonds is 5. The lowest BCUT2D eigenvalue weighted by Crippen LogP contribution is -3.00. The summed E-state index contributed by atoms with van der Waals surface area (Å²) in [7, 11) is -0.768. The van der Waals surface area contributed by atoms with E-state index in [-0.39, 0.29) is 42.7 Å². The second-order valence-corrected chi connectivity index (χ2v) is 9.36. The summed E-state index contributed by atoms with van der Waals surface area (Å²) in [6.07, 6.45) is -10.4. The van der Waals surface area contributed by atoms with Crippen molar-refractivity contribution in [2.24, 2.45) is 0 Å². The van der Waals surface area contributed by atoms with Crippen LogP contribution in [0.15, 0.2) is 18.5 Å². The highest BCUT2D eigenvalue weighted by atomic mass is 35.5. The predicted octanol–water partition coefficient (Wildman–Crippen LogP) is -4.05. The van der Waals surface area contributed by atoms with Crippen LogP contribution < -0.4 is 12.4 Å². The average Bonchev–Trinajstić information content (AvgIpc) is 2.94. The van der Waals surface area contributed by atoms with Crippen molar-refractivity contribution >= 4 is 10.9 Å². The van der Waals surface area contributed by atoms with Gasteiger partial charge in [0, 0.05) is 28.9 Å². The third-order valence-corrected chi connectivity index (χ3v) is 7.85. The number of aliphatic hydroxyl groups is 5. The zero-order valence-corrected chi connectivity index (χ0v) is 17.1. The Kier molecular flexibility index (Phi) is 8.76. The second kappa shape index (κ2) is 10.3. The van der Waals surface area contributed by atoms with Crippen LogP contribution in [0.5, 0.6) is 0 Å². The smallest absolute Gasteiger partial charge is 0.418 e. The topological polar surface area (TPSA) is 132 Å². The van der Waals surface area contributed by atoms with E-state index in [0.717, 1.165) is 12.3 Å². The van der Waals surface area contributed by atoms with Crippen LogP contribution in [0.2, 0.25) is 0 Å². The Labute approximate surface area is 179 Å². The zero-order valence-electron chi connectivity index (χ0n) is 15.5. The van der Waals surface area contributed by atoms with Gasteiger partial charge in [-0.3, -0.25) is 4.98 Å². The highest BCUT2D eigenvalue weighted by Gasteiger charge is 2.51. The first kappa shape index (κ1) is 25.6. The van der Waals surface area contributed by atoms with E-state index in [0.29, 0.717) is 6.20 Å². The fraction of sp³-hybridized carbons (Fsp3) is 0.706. The van der Waals surface area contributed by atoms with Crippen molar-refractivity contribution in [2.45, 2.75) is 48.2 Å². The Bertz CT molecular complexity index is 704. The predicted molar refractivity (Wildman–Crippen MR) is 94.8 cm³/mol. The number of halogens is 4. The van der Waals surface area contributed by atoms with Crippen LogP contribution in [0, 0.1) is 0 Å². The van der Waals surface area contributed by atoms with Crippen LogP contribution in [0.4, 0.5) is 13.2 Å². The maximum atomic E-state index is 13.2. The van der Waals surface area contributed by atoms with Crippen LogP contribution >= 0.6 is 0 Å². The van der Waals surface area contributed by atoms with Crippen LogP contribution in [0.1, 0.15) is 17.4 Å².